The van der Waals surface area contributed by atoms with Gasteiger partial charge in [-0.1, -0.05) is 57.0 Å². The molecule has 56 heavy (non-hydrogen) atoms. The number of aliphatic hydroxyl groups is 1. The zero-order valence-electron chi connectivity index (χ0n) is 33.3. The molecule has 1 heterocycles. The number of Topliss-reactive ketones (excluding diaryl/α,β-unsaturated/α-hetero) is 1. The maximum Gasteiger partial charge on any atom is 0.338 e. The highest BCUT2D eigenvalue weighted by atomic mass is 16.7. The van der Waals surface area contributed by atoms with Crippen LogP contribution < -0.4 is 0 Å². The minimum Gasteiger partial charge on any atom is -0.458 e. The number of aliphatic hydroxyl groups excluding tert-OH is 1. The molecule has 3 saturated carbocycles. The molecule has 0 spiro atoms. The van der Waals surface area contributed by atoms with E-state index in [9.17, 15) is 24.3 Å². The van der Waals surface area contributed by atoms with Crippen molar-refractivity contribution in [1.82, 2.24) is 0 Å². The van der Waals surface area contributed by atoms with E-state index in [-0.39, 0.29) is 35.7 Å². The monoisotopic (exact) mass is 766 g/mol. The smallest absolute Gasteiger partial charge is 0.338 e. The van der Waals surface area contributed by atoms with Gasteiger partial charge in [0.15, 0.2) is 24.3 Å². The first kappa shape index (κ1) is 39.9. The predicted octanol–water partition coefficient (Wildman–Crippen LogP) is 8.27. The highest BCUT2D eigenvalue weighted by Gasteiger charge is 2.75. The van der Waals surface area contributed by atoms with Crippen molar-refractivity contribution in [2.45, 2.75) is 123 Å². The van der Waals surface area contributed by atoms with Crippen LogP contribution in [0.1, 0.15) is 102 Å². The molecule has 9 atom stereocenters. The zero-order chi connectivity index (χ0) is 40.0. The van der Waals surface area contributed by atoms with Crippen LogP contribution in [0.25, 0.3) is 0 Å². The fraction of sp³-hybridized carbons (Fsp3) is 0.556. The second-order valence-electron chi connectivity index (χ2n) is 17.6. The average Bonchev–Trinajstić information content (AvgIpc) is 3.63. The second-order valence-corrected chi connectivity index (χ2v) is 17.6. The van der Waals surface area contributed by atoms with Crippen LogP contribution in [-0.4, -0.2) is 64.9 Å². The van der Waals surface area contributed by atoms with Gasteiger partial charge in [-0.2, -0.15) is 10.2 Å². The molecule has 5 aliphatic rings. The van der Waals surface area contributed by atoms with Gasteiger partial charge in [0, 0.05) is 23.2 Å². The minimum absolute atomic E-state index is 0.0143. The summed E-state index contributed by atoms with van der Waals surface area (Å²) in [6.07, 6.45) is 7.78. The van der Waals surface area contributed by atoms with E-state index in [1.54, 1.807) is 42.5 Å². The van der Waals surface area contributed by atoms with Crippen LogP contribution in [0, 0.1) is 28.6 Å². The Morgan fingerprint density at radius 2 is 1.79 bits per heavy atom. The molecule has 0 amide bonds. The van der Waals surface area contributed by atoms with Gasteiger partial charge >= 0.3 is 11.9 Å². The molecule has 7 rings (SSSR count). The lowest BCUT2D eigenvalue weighted by atomic mass is 9.46. The molecule has 11 heteroatoms. The zero-order valence-corrected chi connectivity index (χ0v) is 33.3. The molecule has 11 nitrogen and oxygen atoms in total. The molecule has 4 fully saturated rings. The first-order chi connectivity index (χ1) is 26.6. The summed E-state index contributed by atoms with van der Waals surface area (Å²) in [5.74, 6) is -1.27. The first-order valence-electron chi connectivity index (χ1n) is 20.1. The third-order valence-corrected chi connectivity index (χ3v) is 13.0. The van der Waals surface area contributed by atoms with Gasteiger partial charge < -0.3 is 24.1 Å². The summed E-state index contributed by atoms with van der Waals surface area (Å²) in [5.41, 5.74) is 0.240. The Labute approximate surface area is 328 Å². The van der Waals surface area contributed by atoms with Gasteiger partial charge in [0.1, 0.15) is 5.60 Å². The number of nitrogens with zero attached hydrogens (tertiary/aromatic N) is 2. The van der Waals surface area contributed by atoms with E-state index in [1.165, 1.54) is 0 Å². The summed E-state index contributed by atoms with van der Waals surface area (Å²) in [6.45, 7) is 11.2. The maximum absolute atomic E-state index is 14.5. The van der Waals surface area contributed by atoms with Gasteiger partial charge in [-0.25, -0.2) is 4.79 Å². The van der Waals surface area contributed by atoms with Crippen LogP contribution in [0.2, 0.25) is 0 Å². The summed E-state index contributed by atoms with van der Waals surface area (Å²) in [6, 6.07) is 14.0. The third-order valence-electron chi connectivity index (χ3n) is 13.0. The Kier molecular flexibility index (Phi) is 10.8. The van der Waals surface area contributed by atoms with Crippen molar-refractivity contribution in [2.75, 3.05) is 6.61 Å². The molecule has 298 valence electrons. The van der Waals surface area contributed by atoms with Crippen LogP contribution in [0.3, 0.4) is 0 Å². The Morgan fingerprint density at radius 3 is 2.52 bits per heavy atom. The lowest BCUT2D eigenvalue weighted by Gasteiger charge is -2.59. The van der Waals surface area contributed by atoms with Crippen molar-refractivity contribution in [3.63, 3.8) is 0 Å². The SMILES string of the molecule is CCCC1OC2C[C@H]3[C@@H]4CCC5=CC(=O)C=C[C@]5(C)[C@H]4[C@@H](O)C[C@]3(C)[C@]2(C(=O)COC(=O)CCc2ccccc2N=Nc2ccc(C(=O)OC(C)(C)C)cc2)O1. The predicted molar refractivity (Wildman–Crippen MR) is 207 cm³/mol. The number of allylic oxidation sites excluding steroid dienone is 4. The number of esters is 2. The molecule has 4 aliphatic carbocycles. The van der Waals surface area contributed by atoms with E-state index in [1.807, 2.05) is 52.0 Å². The third kappa shape index (κ3) is 7.22. The average molecular weight is 767 g/mol. The number of ether oxygens (including phenoxy) is 4. The van der Waals surface area contributed by atoms with Gasteiger partial charge in [0.05, 0.1) is 29.1 Å². The largest absolute Gasteiger partial charge is 0.458 e. The van der Waals surface area contributed by atoms with E-state index < -0.39 is 59.1 Å². The lowest BCUT2D eigenvalue weighted by Crippen LogP contribution is -2.63. The first-order valence-corrected chi connectivity index (χ1v) is 20.1. The fourth-order valence-electron chi connectivity index (χ4n) is 10.5. The summed E-state index contributed by atoms with van der Waals surface area (Å²) in [4.78, 5) is 52.4. The molecular formula is C45H54N2O9. The van der Waals surface area contributed by atoms with Gasteiger partial charge in [0.25, 0.3) is 0 Å². The summed E-state index contributed by atoms with van der Waals surface area (Å²) < 4.78 is 24.3. The molecule has 2 unspecified atom stereocenters. The molecule has 0 bridgehead atoms. The molecule has 0 radical (unpaired) electrons. The number of rotatable bonds is 11. The number of hydrogen-bond donors (Lipinski definition) is 1. The molecule has 0 aromatic heterocycles. The van der Waals surface area contributed by atoms with Crippen molar-refractivity contribution in [1.29, 1.82) is 0 Å². The van der Waals surface area contributed by atoms with E-state index >= 15 is 0 Å². The van der Waals surface area contributed by atoms with E-state index in [2.05, 4.69) is 24.1 Å². The van der Waals surface area contributed by atoms with Crippen molar-refractivity contribution in [3.8, 4) is 0 Å². The molecular weight excluding hydrogens is 712 g/mol. The maximum atomic E-state index is 14.5. The number of carbonyl (C=O) groups is 4. The Morgan fingerprint density at radius 1 is 1.04 bits per heavy atom. The van der Waals surface area contributed by atoms with E-state index in [4.69, 9.17) is 18.9 Å². The van der Waals surface area contributed by atoms with Crippen LogP contribution in [0.4, 0.5) is 11.4 Å². The summed E-state index contributed by atoms with van der Waals surface area (Å²) in [7, 11) is 0. The number of ketones is 2. The van der Waals surface area contributed by atoms with Crippen molar-refractivity contribution >= 4 is 34.9 Å². The summed E-state index contributed by atoms with van der Waals surface area (Å²) in [5, 5.41) is 20.7. The van der Waals surface area contributed by atoms with Crippen LogP contribution >= 0.6 is 0 Å². The second kappa shape index (κ2) is 15.2. The highest BCUT2D eigenvalue weighted by molar-refractivity contribution is 6.01. The lowest BCUT2D eigenvalue weighted by molar-refractivity contribution is -0.201. The van der Waals surface area contributed by atoms with Crippen molar-refractivity contribution < 1.29 is 43.2 Å². The van der Waals surface area contributed by atoms with Crippen LogP contribution in [0.5, 0.6) is 0 Å². The number of hydrogen-bond acceptors (Lipinski definition) is 11. The minimum atomic E-state index is -1.36. The number of benzene rings is 2. The molecule has 1 saturated heterocycles. The van der Waals surface area contributed by atoms with E-state index in [0.29, 0.717) is 42.6 Å². The van der Waals surface area contributed by atoms with Gasteiger partial charge in [0.2, 0.25) is 5.78 Å². The van der Waals surface area contributed by atoms with E-state index in [0.717, 1.165) is 30.4 Å². The summed E-state index contributed by atoms with van der Waals surface area (Å²) >= 11 is 0. The van der Waals surface area contributed by atoms with Crippen molar-refractivity contribution in [2.24, 2.45) is 38.8 Å². The van der Waals surface area contributed by atoms with Gasteiger partial charge in [-0.15, -0.1) is 0 Å². The number of aryl methyl sites for hydroxylation is 1. The molecule has 2 aromatic carbocycles. The van der Waals surface area contributed by atoms with Gasteiger partial charge in [-0.3, -0.25) is 14.4 Å². The topological polar surface area (TPSA) is 150 Å². The quantitative estimate of drug-likeness (QED) is 0.176. The standard InChI is InChI=1S/C45H54N2O9/c1-7-10-39-54-37-24-33-32-19-16-29-23-31(48)21-22-43(29,5)40(32)35(49)25-44(33,6)45(37,55-39)36(50)26-53-38(51)20-15-27-11-8-9-12-34(27)47-46-30-17-13-28(14-18-30)41(52)56-42(2,3)4/h8-9,11-14,17-18,21-23,32-33,35,37,39-40,49H,7,10,15-16,19-20,24-26H2,1-6H3/t32-,33-,35-,37?,39?,40+,43-,44-,45+/m0/s1. The Hall–Kier alpha value is -4.32. The Balaban J connectivity index is 1.02. The van der Waals surface area contributed by atoms with Gasteiger partial charge in [-0.05, 0) is 119 Å². The van der Waals surface area contributed by atoms with Crippen molar-refractivity contribution in [3.05, 3.63) is 83.5 Å². The number of fused-ring (bicyclic) bond motifs is 7. The molecule has 2 aromatic rings. The number of carbonyl (C=O) groups excluding carboxylic acids is 4. The number of azo groups is 1. The van der Waals surface area contributed by atoms with Crippen LogP contribution in [-0.2, 0) is 39.8 Å². The highest BCUT2D eigenvalue weighted by Crippen LogP contribution is 2.69. The molecule has 1 N–H and O–H groups in total. The Bertz CT molecular complexity index is 1960. The fourth-order valence-corrected chi connectivity index (χ4v) is 10.5. The molecule has 1 aliphatic heterocycles. The van der Waals surface area contributed by atoms with Crippen LogP contribution in [0.15, 0.2) is 82.6 Å². The normalized spacial score (nSPS) is 33.3.